The van der Waals surface area contributed by atoms with Gasteiger partial charge in [0, 0.05) is 13.1 Å². The summed E-state index contributed by atoms with van der Waals surface area (Å²) in [5.41, 5.74) is -0.764. The van der Waals surface area contributed by atoms with Gasteiger partial charge in [0.1, 0.15) is 6.04 Å². The van der Waals surface area contributed by atoms with E-state index >= 15 is 0 Å². The van der Waals surface area contributed by atoms with Crippen LogP contribution in [0.2, 0.25) is 5.02 Å². The maximum Gasteiger partial charge on any atom is 0.417 e. The number of amides is 2. The van der Waals surface area contributed by atoms with Gasteiger partial charge in [0.2, 0.25) is 12.3 Å². The van der Waals surface area contributed by atoms with Crippen molar-refractivity contribution in [1.82, 2.24) is 10.2 Å². The molecule has 1 aromatic rings. The minimum absolute atomic E-state index is 0.138. The van der Waals surface area contributed by atoms with E-state index in [9.17, 15) is 22.8 Å². The molecular weight excluding hydrogens is 357 g/mol. The van der Waals surface area contributed by atoms with E-state index in [0.717, 1.165) is 6.07 Å². The summed E-state index contributed by atoms with van der Waals surface area (Å²) < 4.78 is 38.6. The lowest BCUT2D eigenvalue weighted by molar-refractivity contribution is -0.137. The lowest BCUT2D eigenvalue weighted by Gasteiger charge is -2.27. The first-order valence-corrected chi connectivity index (χ1v) is 8.47. The minimum Gasteiger partial charge on any atom is -0.350 e. The van der Waals surface area contributed by atoms with E-state index in [4.69, 9.17) is 11.6 Å². The van der Waals surface area contributed by atoms with Crippen LogP contribution in [-0.4, -0.2) is 29.8 Å². The van der Waals surface area contributed by atoms with Crippen molar-refractivity contribution in [1.29, 1.82) is 0 Å². The molecule has 0 aliphatic carbocycles. The minimum atomic E-state index is -4.56. The van der Waals surface area contributed by atoms with Gasteiger partial charge in [-0.3, -0.25) is 9.59 Å². The van der Waals surface area contributed by atoms with E-state index in [1.165, 1.54) is 17.0 Å². The molecule has 25 heavy (non-hydrogen) atoms. The maximum atomic E-state index is 12.9. The van der Waals surface area contributed by atoms with Crippen LogP contribution < -0.4 is 5.32 Å². The number of benzene rings is 1. The zero-order valence-corrected chi connectivity index (χ0v) is 15.0. The number of carbonyl (C=O) groups excluding carboxylic acids is 2. The first kappa shape index (κ1) is 21.3. The third-order valence-electron chi connectivity index (χ3n) is 3.72. The van der Waals surface area contributed by atoms with Crippen LogP contribution in [0.25, 0.3) is 0 Å². The van der Waals surface area contributed by atoms with E-state index in [-0.39, 0.29) is 12.1 Å². The molecule has 0 saturated carbocycles. The van der Waals surface area contributed by atoms with Crippen molar-refractivity contribution in [2.24, 2.45) is 0 Å². The average molecular weight is 379 g/mol. The Morgan fingerprint density at radius 3 is 2.52 bits per heavy atom. The quantitative estimate of drug-likeness (QED) is 0.660. The molecule has 1 N–H and O–H groups in total. The summed E-state index contributed by atoms with van der Waals surface area (Å²) >= 11 is 5.82. The summed E-state index contributed by atoms with van der Waals surface area (Å²) in [5.74, 6) is -0.407. The van der Waals surface area contributed by atoms with Crippen molar-refractivity contribution in [3.63, 3.8) is 0 Å². The molecule has 0 aromatic heterocycles. The van der Waals surface area contributed by atoms with Crippen molar-refractivity contribution < 1.29 is 22.8 Å². The molecule has 0 aliphatic heterocycles. The predicted molar refractivity (Wildman–Crippen MR) is 90.1 cm³/mol. The largest absolute Gasteiger partial charge is 0.417 e. The highest BCUT2D eigenvalue weighted by atomic mass is 35.5. The number of alkyl halides is 3. The molecule has 0 bridgehead atoms. The Balaban J connectivity index is 2.88. The normalized spacial score (nSPS) is 12.6. The van der Waals surface area contributed by atoms with Gasteiger partial charge in [-0.25, -0.2) is 0 Å². The van der Waals surface area contributed by atoms with Crippen LogP contribution in [0.15, 0.2) is 18.2 Å². The van der Waals surface area contributed by atoms with Crippen LogP contribution in [0, 0.1) is 0 Å². The van der Waals surface area contributed by atoms with Crippen LogP contribution in [0.3, 0.4) is 0 Å². The summed E-state index contributed by atoms with van der Waals surface area (Å²) in [6.07, 6.45) is -2.07. The van der Waals surface area contributed by atoms with E-state index in [1.54, 1.807) is 0 Å². The molecule has 2 amide bonds. The molecule has 0 aliphatic rings. The van der Waals surface area contributed by atoms with E-state index in [1.807, 2.05) is 13.8 Å². The fraction of sp³-hybridized carbons (Fsp3) is 0.529. The Labute approximate surface area is 150 Å². The number of hydrogen-bond acceptors (Lipinski definition) is 2. The van der Waals surface area contributed by atoms with Crippen molar-refractivity contribution in [3.8, 4) is 0 Å². The SMILES string of the molecule is CCC[C@@H](C(=O)NCc1cccc(C(F)(F)F)c1Cl)N(C=O)CCC. The molecule has 1 aromatic carbocycles. The second-order valence-corrected chi connectivity index (χ2v) is 6.02. The molecule has 0 spiro atoms. The molecule has 0 fully saturated rings. The zero-order chi connectivity index (χ0) is 19.0. The van der Waals surface area contributed by atoms with Crippen LogP contribution in [0.1, 0.15) is 44.2 Å². The molecule has 4 nitrogen and oxygen atoms in total. The van der Waals surface area contributed by atoms with Gasteiger partial charge < -0.3 is 10.2 Å². The van der Waals surface area contributed by atoms with Crippen LogP contribution in [0.4, 0.5) is 13.2 Å². The molecular formula is C17H22ClF3N2O2. The summed E-state index contributed by atoms with van der Waals surface area (Å²) in [5, 5.41) is 2.16. The lowest BCUT2D eigenvalue weighted by Crippen LogP contribution is -2.46. The van der Waals surface area contributed by atoms with Gasteiger partial charge in [-0.05, 0) is 24.5 Å². The lowest BCUT2D eigenvalue weighted by atomic mass is 10.1. The van der Waals surface area contributed by atoms with Crippen molar-refractivity contribution in [3.05, 3.63) is 34.3 Å². The summed E-state index contributed by atoms with van der Waals surface area (Å²) in [6, 6.07) is 2.92. The van der Waals surface area contributed by atoms with Crippen molar-refractivity contribution >= 4 is 23.9 Å². The third-order valence-corrected chi connectivity index (χ3v) is 4.17. The molecule has 0 radical (unpaired) electrons. The van der Waals surface area contributed by atoms with Crippen molar-refractivity contribution in [2.45, 2.75) is 51.9 Å². The summed E-state index contributed by atoms with van der Waals surface area (Å²) in [6.45, 7) is 4.07. The van der Waals surface area contributed by atoms with E-state index in [2.05, 4.69) is 5.32 Å². The number of nitrogens with zero attached hydrogens (tertiary/aromatic N) is 1. The highest BCUT2D eigenvalue weighted by Gasteiger charge is 2.34. The van der Waals surface area contributed by atoms with Crippen LogP contribution >= 0.6 is 11.6 Å². The monoisotopic (exact) mass is 378 g/mol. The van der Waals surface area contributed by atoms with E-state index in [0.29, 0.717) is 32.2 Å². The molecule has 0 unspecified atom stereocenters. The summed E-state index contributed by atoms with van der Waals surface area (Å²) in [7, 11) is 0. The highest BCUT2D eigenvalue weighted by Crippen LogP contribution is 2.36. The number of rotatable bonds is 9. The first-order chi connectivity index (χ1) is 11.8. The average Bonchev–Trinajstić information content (AvgIpc) is 2.55. The topological polar surface area (TPSA) is 49.4 Å². The highest BCUT2D eigenvalue weighted by molar-refractivity contribution is 6.32. The fourth-order valence-electron chi connectivity index (χ4n) is 2.50. The second-order valence-electron chi connectivity index (χ2n) is 5.64. The Morgan fingerprint density at radius 2 is 2.00 bits per heavy atom. The number of carbonyl (C=O) groups is 2. The smallest absolute Gasteiger partial charge is 0.350 e. The number of hydrogen-bond donors (Lipinski definition) is 1. The van der Waals surface area contributed by atoms with Gasteiger partial charge in [-0.15, -0.1) is 0 Å². The van der Waals surface area contributed by atoms with E-state index < -0.39 is 28.7 Å². The van der Waals surface area contributed by atoms with Crippen LogP contribution in [0.5, 0.6) is 0 Å². The van der Waals surface area contributed by atoms with Gasteiger partial charge >= 0.3 is 6.18 Å². The molecule has 1 atom stereocenters. The number of nitrogens with one attached hydrogen (secondary N) is 1. The van der Waals surface area contributed by atoms with Gasteiger partial charge in [-0.1, -0.05) is 44.0 Å². The molecule has 0 heterocycles. The zero-order valence-electron chi connectivity index (χ0n) is 14.2. The standard InChI is InChI=1S/C17H22ClF3N2O2/c1-3-6-14(23(11-24)9-4-2)16(25)22-10-12-7-5-8-13(15(12)18)17(19,20)21/h5,7-8,11,14H,3-4,6,9-10H2,1-2H3,(H,22,25)/t14-/m0/s1. The maximum absolute atomic E-state index is 12.9. The second kappa shape index (κ2) is 9.65. The Bertz CT molecular complexity index is 594. The van der Waals surface area contributed by atoms with Gasteiger partial charge in [0.05, 0.1) is 10.6 Å². The first-order valence-electron chi connectivity index (χ1n) is 8.09. The van der Waals surface area contributed by atoms with Gasteiger partial charge in [-0.2, -0.15) is 13.2 Å². The Hall–Kier alpha value is -1.76. The predicted octanol–water partition coefficient (Wildman–Crippen LogP) is 4.01. The van der Waals surface area contributed by atoms with Gasteiger partial charge in [0.15, 0.2) is 0 Å². The number of halogens is 4. The molecule has 8 heteroatoms. The Morgan fingerprint density at radius 1 is 1.32 bits per heavy atom. The molecule has 0 saturated heterocycles. The molecule has 1 rings (SSSR count). The van der Waals surface area contributed by atoms with Crippen LogP contribution in [-0.2, 0) is 22.3 Å². The summed E-state index contributed by atoms with van der Waals surface area (Å²) in [4.78, 5) is 25.0. The third kappa shape index (κ3) is 5.92. The van der Waals surface area contributed by atoms with Crippen molar-refractivity contribution in [2.75, 3.05) is 6.54 Å². The fourth-order valence-corrected chi connectivity index (χ4v) is 2.80. The van der Waals surface area contributed by atoms with Gasteiger partial charge in [0.25, 0.3) is 0 Å². The Kier molecular flexibility index (Phi) is 8.22. The molecule has 140 valence electrons.